The Kier molecular flexibility index (Phi) is 6.35. The van der Waals surface area contributed by atoms with Crippen molar-refractivity contribution in [2.45, 2.75) is 6.92 Å². The first-order valence-corrected chi connectivity index (χ1v) is 9.66. The van der Waals surface area contributed by atoms with E-state index < -0.39 is 15.9 Å². The summed E-state index contributed by atoms with van der Waals surface area (Å²) in [5.41, 5.74) is 4.24. The van der Waals surface area contributed by atoms with E-state index in [9.17, 15) is 13.2 Å². The highest BCUT2D eigenvalue weighted by atomic mass is 32.2. The summed E-state index contributed by atoms with van der Waals surface area (Å²) in [6.45, 7) is 1.41. The third-order valence-corrected chi connectivity index (χ3v) is 4.73. The zero-order valence-corrected chi connectivity index (χ0v) is 15.7. The fraction of sp³-hybridized carbons (Fsp3) is 0.222. The minimum atomic E-state index is -3.62. The van der Waals surface area contributed by atoms with Crippen LogP contribution in [0.5, 0.6) is 5.75 Å². The number of anilines is 1. The number of carbonyl (C=O) groups is 1. The van der Waals surface area contributed by atoms with Crippen molar-refractivity contribution in [2.24, 2.45) is 5.10 Å². The summed E-state index contributed by atoms with van der Waals surface area (Å²) in [4.78, 5) is 12.2. The lowest BCUT2D eigenvalue weighted by molar-refractivity contribution is -0.119. The van der Waals surface area contributed by atoms with Gasteiger partial charge in [0.25, 0.3) is 5.91 Å². The number of carbonyl (C=O) groups excluding carboxylic acids is 1. The van der Waals surface area contributed by atoms with Crippen molar-refractivity contribution in [3.05, 3.63) is 59.7 Å². The Bertz CT molecular complexity index is 910. The molecule has 0 saturated carbocycles. The molecule has 0 bridgehead atoms. The summed E-state index contributed by atoms with van der Waals surface area (Å²) in [5.74, 6) is 0.0630. The van der Waals surface area contributed by atoms with Gasteiger partial charge >= 0.3 is 0 Å². The standard InChI is InChI=1S/C18H21N3O4S/c1-14-8-4-6-10-16(14)21(26(3,23)24)13-18(22)20-19-12-15-9-5-7-11-17(15)25-2/h4-12H,13H2,1-3H3,(H,20,22)/b19-12-. The number of aryl methyl sites for hydroxylation is 1. The highest BCUT2D eigenvalue weighted by molar-refractivity contribution is 7.92. The van der Waals surface area contributed by atoms with E-state index in [1.807, 2.05) is 12.1 Å². The molecule has 1 N–H and O–H groups in total. The summed E-state index contributed by atoms with van der Waals surface area (Å²) >= 11 is 0. The van der Waals surface area contributed by atoms with Gasteiger partial charge in [-0.25, -0.2) is 13.8 Å². The molecule has 0 heterocycles. The molecule has 0 atom stereocenters. The second kappa shape index (κ2) is 8.48. The number of rotatable bonds is 7. The molecule has 138 valence electrons. The maximum Gasteiger partial charge on any atom is 0.260 e. The highest BCUT2D eigenvalue weighted by Crippen LogP contribution is 2.21. The molecule has 0 aliphatic heterocycles. The van der Waals surface area contributed by atoms with Crippen LogP contribution in [0.1, 0.15) is 11.1 Å². The number of hydrogen-bond acceptors (Lipinski definition) is 5. The number of hydrogen-bond donors (Lipinski definition) is 1. The second-order valence-corrected chi connectivity index (χ2v) is 7.50. The van der Waals surface area contributed by atoms with Crippen LogP contribution in [0.25, 0.3) is 0 Å². The quantitative estimate of drug-likeness (QED) is 0.592. The van der Waals surface area contributed by atoms with Crippen molar-refractivity contribution in [1.82, 2.24) is 5.43 Å². The van der Waals surface area contributed by atoms with Gasteiger partial charge in [-0.2, -0.15) is 5.10 Å². The molecular formula is C18H21N3O4S. The topological polar surface area (TPSA) is 88.1 Å². The summed E-state index contributed by atoms with van der Waals surface area (Å²) in [6.07, 6.45) is 2.50. The van der Waals surface area contributed by atoms with Crippen molar-refractivity contribution < 1.29 is 17.9 Å². The van der Waals surface area contributed by atoms with Crippen LogP contribution in [-0.2, 0) is 14.8 Å². The van der Waals surface area contributed by atoms with Crippen LogP contribution in [0.4, 0.5) is 5.69 Å². The van der Waals surface area contributed by atoms with Gasteiger partial charge < -0.3 is 4.74 Å². The van der Waals surface area contributed by atoms with Crippen molar-refractivity contribution in [3.8, 4) is 5.75 Å². The van der Waals surface area contributed by atoms with E-state index in [1.165, 1.54) is 13.3 Å². The third kappa shape index (κ3) is 5.06. The normalized spacial score (nSPS) is 11.3. The van der Waals surface area contributed by atoms with E-state index in [4.69, 9.17) is 4.74 Å². The number of sulfonamides is 1. The lowest BCUT2D eigenvalue weighted by Crippen LogP contribution is -2.39. The molecule has 0 aromatic heterocycles. The molecule has 0 saturated heterocycles. The molecule has 2 rings (SSSR count). The summed E-state index contributed by atoms with van der Waals surface area (Å²) in [7, 11) is -2.08. The highest BCUT2D eigenvalue weighted by Gasteiger charge is 2.21. The fourth-order valence-electron chi connectivity index (χ4n) is 2.34. The van der Waals surface area contributed by atoms with E-state index in [1.54, 1.807) is 43.3 Å². The molecule has 0 unspecified atom stereocenters. The fourth-order valence-corrected chi connectivity index (χ4v) is 3.25. The molecule has 26 heavy (non-hydrogen) atoms. The van der Waals surface area contributed by atoms with Gasteiger partial charge in [-0.15, -0.1) is 0 Å². The van der Waals surface area contributed by atoms with Crippen molar-refractivity contribution in [3.63, 3.8) is 0 Å². The van der Waals surface area contributed by atoms with Gasteiger partial charge in [0.15, 0.2) is 0 Å². The van der Waals surface area contributed by atoms with Crippen molar-refractivity contribution >= 4 is 27.8 Å². The minimum absolute atomic E-state index is 0.368. The van der Waals surface area contributed by atoms with Gasteiger partial charge in [-0.05, 0) is 30.7 Å². The van der Waals surface area contributed by atoms with Crippen LogP contribution in [0.2, 0.25) is 0 Å². The molecule has 0 radical (unpaired) electrons. The first kappa shape index (κ1) is 19.5. The van der Waals surface area contributed by atoms with E-state index in [2.05, 4.69) is 10.5 Å². The molecule has 2 aromatic carbocycles. The van der Waals surface area contributed by atoms with Gasteiger partial charge in [-0.3, -0.25) is 9.10 Å². The van der Waals surface area contributed by atoms with Crippen LogP contribution >= 0.6 is 0 Å². The average molecular weight is 375 g/mol. The monoisotopic (exact) mass is 375 g/mol. The molecule has 0 spiro atoms. The number of hydrazone groups is 1. The first-order chi connectivity index (χ1) is 12.3. The molecule has 8 heteroatoms. The van der Waals surface area contributed by atoms with Gasteiger partial charge in [-0.1, -0.05) is 30.3 Å². The number of nitrogens with one attached hydrogen (secondary N) is 1. The first-order valence-electron chi connectivity index (χ1n) is 7.81. The smallest absolute Gasteiger partial charge is 0.260 e. The Balaban J connectivity index is 2.11. The average Bonchev–Trinajstić information content (AvgIpc) is 2.60. The van der Waals surface area contributed by atoms with Gasteiger partial charge in [0.05, 0.1) is 25.3 Å². The van der Waals surface area contributed by atoms with Gasteiger partial charge in [0, 0.05) is 5.56 Å². The zero-order chi connectivity index (χ0) is 19.2. The molecular weight excluding hydrogens is 354 g/mol. The lowest BCUT2D eigenvalue weighted by Gasteiger charge is -2.23. The number of para-hydroxylation sites is 2. The SMILES string of the molecule is COc1ccccc1/C=N\NC(=O)CN(c1ccccc1C)S(C)(=O)=O. The van der Waals surface area contributed by atoms with Crippen molar-refractivity contribution in [2.75, 3.05) is 24.2 Å². The predicted octanol–water partition coefficient (Wildman–Crippen LogP) is 1.92. The van der Waals surface area contributed by atoms with E-state index in [0.29, 0.717) is 17.0 Å². The Morgan fingerprint density at radius 2 is 1.85 bits per heavy atom. The number of ether oxygens (including phenoxy) is 1. The van der Waals surface area contributed by atoms with Crippen molar-refractivity contribution in [1.29, 1.82) is 0 Å². The van der Waals surface area contributed by atoms with Gasteiger partial charge in [0.2, 0.25) is 10.0 Å². The van der Waals surface area contributed by atoms with Crippen LogP contribution in [-0.4, -0.2) is 40.4 Å². The Hall–Kier alpha value is -2.87. The lowest BCUT2D eigenvalue weighted by atomic mass is 10.2. The molecule has 2 aromatic rings. The Labute approximate surface area is 153 Å². The summed E-state index contributed by atoms with van der Waals surface area (Å²) in [6, 6.07) is 14.1. The molecule has 0 fully saturated rings. The molecule has 7 nitrogen and oxygen atoms in total. The maximum absolute atomic E-state index is 12.2. The summed E-state index contributed by atoms with van der Waals surface area (Å²) < 4.78 is 30.4. The van der Waals surface area contributed by atoms with Crippen LogP contribution in [0.15, 0.2) is 53.6 Å². The Morgan fingerprint density at radius 1 is 1.19 bits per heavy atom. The number of methoxy groups -OCH3 is 1. The zero-order valence-electron chi connectivity index (χ0n) is 14.8. The van der Waals surface area contributed by atoms with Crippen LogP contribution < -0.4 is 14.5 Å². The molecule has 0 aliphatic carbocycles. The number of nitrogens with zero attached hydrogens (tertiary/aromatic N) is 2. The third-order valence-electron chi connectivity index (χ3n) is 3.60. The van der Waals surface area contributed by atoms with E-state index in [0.717, 1.165) is 16.1 Å². The maximum atomic E-state index is 12.2. The van der Waals surface area contributed by atoms with E-state index >= 15 is 0 Å². The molecule has 1 amide bonds. The summed E-state index contributed by atoms with van der Waals surface area (Å²) in [5, 5.41) is 3.88. The Morgan fingerprint density at radius 3 is 2.50 bits per heavy atom. The predicted molar refractivity (Wildman–Crippen MR) is 102 cm³/mol. The minimum Gasteiger partial charge on any atom is -0.496 e. The van der Waals surface area contributed by atoms with Gasteiger partial charge in [0.1, 0.15) is 12.3 Å². The number of benzene rings is 2. The second-order valence-electron chi connectivity index (χ2n) is 5.59. The number of amides is 1. The molecule has 0 aliphatic rings. The van der Waals surface area contributed by atoms with Crippen LogP contribution in [0, 0.1) is 6.92 Å². The largest absolute Gasteiger partial charge is 0.496 e. The van der Waals surface area contributed by atoms with Crippen LogP contribution in [0.3, 0.4) is 0 Å². The van der Waals surface area contributed by atoms with E-state index in [-0.39, 0.29) is 6.54 Å².